The number of para-hydroxylation sites is 1. The number of esters is 1. The van der Waals surface area contributed by atoms with Gasteiger partial charge >= 0.3 is 5.97 Å². The quantitative estimate of drug-likeness (QED) is 0.514. The van der Waals surface area contributed by atoms with Crippen LogP contribution in [-0.2, 0) is 14.3 Å². The average molecular weight is 341 g/mol. The second-order valence-corrected chi connectivity index (χ2v) is 5.74. The molecule has 1 N–H and O–H groups in total. The Morgan fingerprint density at radius 1 is 1.16 bits per heavy atom. The summed E-state index contributed by atoms with van der Waals surface area (Å²) in [4.78, 5) is 24.3. The number of amides is 1. The summed E-state index contributed by atoms with van der Waals surface area (Å²) in [5, 5.41) is 10.3. The van der Waals surface area contributed by atoms with Crippen molar-refractivity contribution in [2.24, 2.45) is 5.92 Å². The number of ether oxygens (including phenoxy) is 2. The first-order chi connectivity index (χ1) is 12.1. The van der Waals surface area contributed by atoms with E-state index in [0.29, 0.717) is 16.6 Å². The fraction of sp³-hybridized carbons (Fsp3) is 0.263. The number of hydrogen-bond donors (Lipinski definition) is 1. The van der Waals surface area contributed by atoms with Crippen LogP contribution in [0.5, 0.6) is 11.5 Å². The van der Waals surface area contributed by atoms with Crippen LogP contribution in [0.1, 0.15) is 18.4 Å². The van der Waals surface area contributed by atoms with Gasteiger partial charge < -0.3 is 9.47 Å². The van der Waals surface area contributed by atoms with Crippen LogP contribution in [0.3, 0.4) is 0 Å². The molecule has 0 spiro atoms. The van der Waals surface area contributed by atoms with Crippen LogP contribution < -0.4 is 4.74 Å². The maximum Gasteiger partial charge on any atom is 0.319 e. The highest BCUT2D eigenvalue weighted by molar-refractivity contribution is 6.00. The predicted molar refractivity (Wildman–Crippen MR) is 89.3 cm³/mol. The first-order valence-corrected chi connectivity index (χ1v) is 8.10. The Kier molecular flexibility index (Phi) is 5.00. The molecule has 130 valence electrons. The molecule has 2 aromatic rings. The zero-order valence-corrected chi connectivity index (χ0v) is 13.8. The van der Waals surface area contributed by atoms with Crippen molar-refractivity contribution in [1.82, 2.24) is 5.06 Å². The first kappa shape index (κ1) is 17.0. The number of carbonyl (C=O) groups is 2. The summed E-state index contributed by atoms with van der Waals surface area (Å²) in [6, 6.07) is 16.5. The lowest BCUT2D eigenvalue weighted by Crippen LogP contribution is -2.30. The number of hydroxylamine groups is 2. The van der Waals surface area contributed by atoms with Gasteiger partial charge in [0.1, 0.15) is 17.4 Å². The SMILES string of the molecule is CCOC(=O)[C@H]1C(=O)N(O)C[C@@H]1c1cccc(Oc2ccccc2)c1. The number of nitrogens with zero attached hydrogens (tertiary/aromatic N) is 1. The Balaban J connectivity index is 1.86. The van der Waals surface area contributed by atoms with Crippen LogP contribution >= 0.6 is 0 Å². The van der Waals surface area contributed by atoms with E-state index in [0.717, 1.165) is 5.56 Å². The monoisotopic (exact) mass is 341 g/mol. The van der Waals surface area contributed by atoms with Crippen molar-refractivity contribution in [2.45, 2.75) is 12.8 Å². The molecular formula is C19H19NO5. The molecule has 25 heavy (non-hydrogen) atoms. The van der Waals surface area contributed by atoms with E-state index in [1.54, 1.807) is 31.2 Å². The van der Waals surface area contributed by atoms with E-state index in [9.17, 15) is 14.8 Å². The topological polar surface area (TPSA) is 76.1 Å². The molecule has 1 saturated heterocycles. The standard InChI is InChI=1S/C19H19NO5/c1-2-24-19(22)17-16(12-20(23)18(17)21)13-7-6-10-15(11-13)25-14-8-4-3-5-9-14/h3-11,16-17,23H,2,12H2,1H3/t16-,17-/m1/s1. The molecule has 0 unspecified atom stereocenters. The average Bonchev–Trinajstić information content (AvgIpc) is 2.91. The molecule has 1 heterocycles. The normalized spacial score (nSPS) is 19.8. The Labute approximate surface area is 145 Å². The van der Waals surface area contributed by atoms with Crippen LogP contribution in [0.25, 0.3) is 0 Å². The zero-order valence-electron chi connectivity index (χ0n) is 13.8. The lowest BCUT2D eigenvalue weighted by molar-refractivity contribution is -0.165. The van der Waals surface area contributed by atoms with E-state index in [1.165, 1.54) is 0 Å². The summed E-state index contributed by atoms with van der Waals surface area (Å²) in [5.41, 5.74) is 0.733. The molecule has 6 heteroatoms. The summed E-state index contributed by atoms with van der Waals surface area (Å²) >= 11 is 0. The molecule has 3 rings (SSSR count). The third kappa shape index (κ3) is 3.64. The molecule has 0 saturated carbocycles. The number of hydrogen-bond acceptors (Lipinski definition) is 5. The minimum Gasteiger partial charge on any atom is -0.465 e. The Morgan fingerprint density at radius 2 is 1.88 bits per heavy atom. The summed E-state index contributed by atoms with van der Waals surface area (Å²) in [7, 11) is 0. The summed E-state index contributed by atoms with van der Waals surface area (Å²) in [6.45, 7) is 1.90. The van der Waals surface area contributed by atoms with Gasteiger partial charge in [0.05, 0.1) is 13.2 Å². The minimum absolute atomic E-state index is 0.0388. The van der Waals surface area contributed by atoms with Gasteiger partial charge in [-0.3, -0.25) is 14.8 Å². The molecule has 0 radical (unpaired) electrons. The minimum atomic E-state index is -1.04. The van der Waals surface area contributed by atoms with Crippen molar-refractivity contribution in [3.63, 3.8) is 0 Å². The van der Waals surface area contributed by atoms with Gasteiger partial charge in [-0.05, 0) is 36.8 Å². The lowest BCUT2D eigenvalue weighted by atomic mass is 9.88. The Morgan fingerprint density at radius 3 is 2.60 bits per heavy atom. The smallest absolute Gasteiger partial charge is 0.319 e. The first-order valence-electron chi connectivity index (χ1n) is 8.10. The summed E-state index contributed by atoms with van der Waals surface area (Å²) < 4.78 is 10.8. The third-order valence-corrected chi connectivity index (χ3v) is 4.10. The fourth-order valence-electron chi connectivity index (χ4n) is 2.94. The van der Waals surface area contributed by atoms with Gasteiger partial charge in [-0.2, -0.15) is 0 Å². The van der Waals surface area contributed by atoms with E-state index in [-0.39, 0.29) is 13.2 Å². The van der Waals surface area contributed by atoms with Gasteiger partial charge in [-0.25, -0.2) is 5.06 Å². The van der Waals surface area contributed by atoms with Crippen LogP contribution in [0.2, 0.25) is 0 Å². The van der Waals surface area contributed by atoms with Gasteiger partial charge in [0, 0.05) is 5.92 Å². The van der Waals surface area contributed by atoms with Gasteiger partial charge in [0.25, 0.3) is 5.91 Å². The molecule has 6 nitrogen and oxygen atoms in total. The van der Waals surface area contributed by atoms with Crippen molar-refractivity contribution in [3.05, 3.63) is 60.2 Å². The van der Waals surface area contributed by atoms with E-state index in [4.69, 9.17) is 9.47 Å². The molecule has 1 fully saturated rings. The van der Waals surface area contributed by atoms with Crippen molar-refractivity contribution in [3.8, 4) is 11.5 Å². The molecule has 1 aliphatic heterocycles. The summed E-state index contributed by atoms with van der Waals surface area (Å²) in [5.74, 6) is -1.52. The van der Waals surface area contributed by atoms with Crippen LogP contribution in [-0.4, -0.2) is 35.3 Å². The van der Waals surface area contributed by atoms with Gasteiger partial charge in [-0.15, -0.1) is 0 Å². The maximum absolute atomic E-state index is 12.1. The highest BCUT2D eigenvalue weighted by atomic mass is 16.5. The number of carbonyl (C=O) groups excluding carboxylic acids is 2. The summed E-state index contributed by atoms with van der Waals surface area (Å²) in [6.07, 6.45) is 0. The van der Waals surface area contributed by atoms with Gasteiger partial charge in [0.2, 0.25) is 0 Å². The molecule has 1 aliphatic rings. The molecule has 0 aromatic heterocycles. The molecule has 0 bridgehead atoms. The molecule has 2 aromatic carbocycles. The van der Waals surface area contributed by atoms with Crippen LogP contribution in [0.4, 0.5) is 0 Å². The molecule has 0 aliphatic carbocycles. The highest BCUT2D eigenvalue weighted by Gasteiger charge is 2.46. The Hall–Kier alpha value is -2.86. The molecule has 2 atom stereocenters. The van der Waals surface area contributed by atoms with E-state index >= 15 is 0 Å². The van der Waals surface area contributed by atoms with Crippen LogP contribution in [0.15, 0.2) is 54.6 Å². The number of rotatable bonds is 5. The van der Waals surface area contributed by atoms with E-state index < -0.39 is 23.7 Å². The molecule has 1 amide bonds. The van der Waals surface area contributed by atoms with Crippen molar-refractivity contribution < 1.29 is 24.3 Å². The highest BCUT2D eigenvalue weighted by Crippen LogP contribution is 2.35. The van der Waals surface area contributed by atoms with E-state index in [2.05, 4.69) is 0 Å². The Bertz CT molecular complexity index is 761. The molecular weight excluding hydrogens is 322 g/mol. The van der Waals surface area contributed by atoms with Gasteiger partial charge in [-0.1, -0.05) is 30.3 Å². The van der Waals surface area contributed by atoms with Crippen LogP contribution in [0, 0.1) is 5.92 Å². The fourth-order valence-corrected chi connectivity index (χ4v) is 2.94. The van der Waals surface area contributed by atoms with Gasteiger partial charge in [0.15, 0.2) is 0 Å². The van der Waals surface area contributed by atoms with Crippen molar-refractivity contribution in [1.29, 1.82) is 0 Å². The second kappa shape index (κ2) is 7.36. The second-order valence-electron chi connectivity index (χ2n) is 5.74. The van der Waals surface area contributed by atoms with E-state index in [1.807, 2.05) is 30.3 Å². The maximum atomic E-state index is 12.1. The lowest BCUT2D eigenvalue weighted by Gasteiger charge is -2.16. The zero-order chi connectivity index (χ0) is 17.8. The largest absolute Gasteiger partial charge is 0.465 e. The number of benzene rings is 2. The predicted octanol–water partition coefficient (Wildman–Crippen LogP) is 2.97. The third-order valence-electron chi connectivity index (χ3n) is 4.10. The van der Waals surface area contributed by atoms with Crippen molar-refractivity contribution >= 4 is 11.9 Å². The van der Waals surface area contributed by atoms with Crippen molar-refractivity contribution in [2.75, 3.05) is 13.2 Å².